The predicted octanol–water partition coefficient (Wildman–Crippen LogP) is 11.9. The summed E-state index contributed by atoms with van der Waals surface area (Å²) in [5.41, 5.74) is 6.66. The highest BCUT2D eigenvalue weighted by Crippen LogP contribution is 2.36. The standard InChI is InChI=1S/C49H32N4/c1-3-11-33-25-39(20-17-31(33)9-1)47-50-48(40-21-18-32-10-2-4-12-34(32)26-40)52-49(51-47)41-22-19-38-28-42(24-23-37(38)27-41)53-45-16-8-7-15-43(45)44-29-35-13-5-6-14-36(35)30-46(44)53/h1-30,47H,(H,50,51,52). The van der Waals surface area contributed by atoms with Gasteiger partial charge in [-0.1, -0.05) is 133 Å². The highest BCUT2D eigenvalue weighted by Gasteiger charge is 2.22. The van der Waals surface area contributed by atoms with Gasteiger partial charge in [-0.3, -0.25) is 0 Å². The van der Waals surface area contributed by atoms with E-state index in [9.17, 15) is 0 Å². The maximum Gasteiger partial charge on any atom is 0.159 e. The molecule has 1 aliphatic rings. The van der Waals surface area contributed by atoms with Crippen LogP contribution in [0.5, 0.6) is 0 Å². The van der Waals surface area contributed by atoms with Gasteiger partial charge >= 0.3 is 0 Å². The van der Waals surface area contributed by atoms with Crippen LogP contribution in [0.15, 0.2) is 192 Å². The van der Waals surface area contributed by atoms with Crippen molar-refractivity contribution in [2.45, 2.75) is 6.17 Å². The molecule has 2 heterocycles. The monoisotopic (exact) mass is 676 g/mol. The Labute approximate surface area is 306 Å². The van der Waals surface area contributed by atoms with E-state index in [-0.39, 0.29) is 6.17 Å². The predicted molar refractivity (Wildman–Crippen MR) is 223 cm³/mol. The molecule has 11 rings (SSSR count). The van der Waals surface area contributed by atoms with Crippen LogP contribution in [0.2, 0.25) is 0 Å². The number of nitrogens with zero attached hydrogens (tertiary/aromatic N) is 3. The lowest BCUT2D eigenvalue weighted by Crippen LogP contribution is -2.33. The number of benzene rings is 9. The molecule has 9 aromatic carbocycles. The van der Waals surface area contributed by atoms with Gasteiger partial charge in [0.2, 0.25) is 0 Å². The van der Waals surface area contributed by atoms with Crippen molar-refractivity contribution in [1.82, 2.24) is 9.88 Å². The smallest absolute Gasteiger partial charge is 0.159 e. The fourth-order valence-electron chi connectivity index (χ4n) is 8.06. The van der Waals surface area contributed by atoms with E-state index in [1.165, 1.54) is 54.1 Å². The van der Waals surface area contributed by atoms with E-state index in [1.807, 2.05) is 0 Å². The van der Waals surface area contributed by atoms with E-state index in [2.05, 4.69) is 192 Å². The first kappa shape index (κ1) is 29.7. The molecule has 1 aromatic heterocycles. The minimum atomic E-state index is -0.293. The number of hydrogen-bond donors (Lipinski definition) is 1. The summed E-state index contributed by atoms with van der Waals surface area (Å²) in [6.45, 7) is 0. The Hall–Kier alpha value is -7.04. The number of aliphatic imine (C=N–C) groups is 2. The van der Waals surface area contributed by atoms with Crippen molar-refractivity contribution < 1.29 is 0 Å². The van der Waals surface area contributed by atoms with Crippen molar-refractivity contribution in [3.63, 3.8) is 0 Å². The van der Waals surface area contributed by atoms with E-state index in [1.54, 1.807) is 0 Å². The second kappa shape index (κ2) is 11.8. The normalized spacial score (nSPS) is 14.6. The lowest BCUT2D eigenvalue weighted by atomic mass is 10.0. The van der Waals surface area contributed by atoms with Gasteiger partial charge in [0, 0.05) is 27.6 Å². The van der Waals surface area contributed by atoms with Crippen molar-refractivity contribution in [2.75, 3.05) is 0 Å². The first-order chi connectivity index (χ1) is 26.2. The number of para-hydroxylation sites is 1. The fraction of sp³-hybridized carbons (Fsp3) is 0.0204. The number of hydrogen-bond acceptors (Lipinski definition) is 3. The van der Waals surface area contributed by atoms with E-state index < -0.39 is 0 Å². The first-order valence-corrected chi connectivity index (χ1v) is 18.1. The molecule has 1 unspecified atom stereocenters. The maximum atomic E-state index is 5.24. The average Bonchev–Trinajstić information content (AvgIpc) is 3.55. The fourth-order valence-corrected chi connectivity index (χ4v) is 8.06. The molecule has 53 heavy (non-hydrogen) atoms. The number of fused-ring (bicyclic) bond motifs is 7. The summed E-state index contributed by atoms with van der Waals surface area (Å²) in [7, 11) is 0. The van der Waals surface area contributed by atoms with Crippen molar-refractivity contribution in [2.24, 2.45) is 9.98 Å². The lowest BCUT2D eigenvalue weighted by Gasteiger charge is -2.24. The molecule has 248 valence electrons. The van der Waals surface area contributed by atoms with Crippen molar-refractivity contribution in [1.29, 1.82) is 0 Å². The molecule has 4 heteroatoms. The van der Waals surface area contributed by atoms with Gasteiger partial charge in [0.15, 0.2) is 5.84 Å². The summed E-state index contributed by atoms with van der Waals surface area (Å²) in [4.78, 5) is 10.4. The molecule has 1 aliphatic heterocycles. The third kappa shape index (κ3) is 4.99. The molecule has 0 fully saturated rings. The third-order valence-electron chi connectivity index (χ3n) is 10.7. The van der Waals surface area contributed by atoms with Crippen LogP contribution < -0.4 is 5.32 Å². The molecule has 0 saturated heterocycles. The second-order valence-corrected chi connectivity index (χ2v) is 13.9. The van der Waals surface area contributed by atoms with Crippen LogP contribution in [0, 0.1) is 0 Å². The van der Waals surface area contributed by atoms with Crippen LogP contribution in [0.4, 0.5) is 0 Å². The van der Waals surface area contributed by atoms with Crippen LogP contribution >= 0.6 is 0 Å². The van der Waals surface area contributed by atoms with Crippen LogP contribution in [0.25, 0.3) is 70.6 Å². The van der Waals surface area contributed by atoms with Crippen molar-refractivity contribution >= 4 is 76.6 Å². The van der Waals surface area contributed by atoms with E-state index in [0.717, 1.165) is 39.0 Å². The van der Waals surface area contributed by atoms with Crippen LogP contribution in [-0.4, -0.2) is 16.2 Å². The Morgan fingerprint density at radius 3 is 1.79 bits per heavy atom. The largest absolute Gasteiger partial charge is 0.344 e. The summed E-state index contributed by atoms with van der Waals surface area (Å²) in [6.07, 6.45) is -0.293. The minimum absolute atomic E-state index is 0.293. The van der Waals surface area contributed by atoms with Crippen LogP contribution in [0.3, 0.4) is 0 Å². The Kier molecular flexibility index (Phi) is 6.58. The lowest BCUT2D eigenvalue weighted by molar-refractivity contribution is 0.675. The van der Waals surface area contributed by atoms with Gasteiger partial charge in [-0.25, -0.2) is 9.98 Å². The SMILES string of the molecule is c1ccc2cc(C3=NC(c4ccc5cc(-n6c7ccccc7c7cc8ccccc8cc76)ccc5c4)=NC(c4ccc5ccccc5c4)N3)ccc2c1. The summed E-state index contributed by atoms with van der Waals surface area (Å²) < 4.78 is 2.40. The summed E-state index contributed by atoms with van der Waals surface area (Å²) >= 11 is 0. The second-order valence-electron chi connectivity index (χ2n) is 13.9. The Morgan fingerprint density at radius 2 is 0.981 bits per heavy atom. The molecule has 1 atom stereocenters. The molecule has 4 nitrogen and oxygen atoms in total. The quantitative estimate of drug-likeness (QED) is 0.198. The highest BCUT2D eigenvalue weighted by molar-refractivity contribution is 6.16. The van der Waals surface area contributed by atoms with Gasteiger partial charge in [-0.05, 0) is 97.2 Å². The molecule has 0 radical (unpaired) electrons. The Morgan fingerprint density at radius 1 is 0.415 bits per heavy atom. The number of amidine groups is 2. The summed E-state index contributed by atoms with van der Waals surface area (Å²) in [6, 6.07) is 65.3. The number of rotatable bonds is 4. The van der Waals surface area contributed by atoms with Gasteiger partial charge in [-0.2, -0.15) is 0 Å². The third-order valence-corrected chi connectivity index (χ3v) is 10.7. The zero-order valence-corrected chi connectivity index (χ0v) is 28.7. The maximum absolute atomic E-state index is 5.24. The average molecular weight is 677 g/mol. The highest BCUT2D eigenvalue weighted by atomic mass is 15.2. The van der Waals surface area contributed by atoms with E-state index >= 15 is 0 Å². The molecule has 0 saturated carbocycles. The van der Waals surface area contributed by atoms with Gasteiger partial charge < -0.3 is 9.88 Å². The molecule has 0 spiro atoms. The zero-order chi connectivity index (χ0) is 34.9. The zero-order valence-electron chi connectivity index (χ0n) is 28.7. The topological polar surface area (TPSA) is 41.7 Å². The Balaban J connectivity index is 1.03. The molecule has 0 amide bonds. The van der Waals surface area contributed by atoms with Gasteiger partial charge in [-0.15, -0.1) is 0 Å². The van der Waals surface area contributed by atoms with Crippen LogP contribution in [-0.2, 0) is 0 Å². The molecular weight excluding hydrogens is 645 g/mol. The minimum Gasteiger partial charge on any atom is -0.344 e. The van der Waals surface area contributed by atoms with Gasteiger partial charge in [0.25, 0.3) is 0 Å². The number of aromatic nitrogens is 1. The van der Waals surface area contributed by atoms with Crippen molar-refractivity contribution in [3.05, 3.63) is 199 Å². The van der Waals surface area contributed by atoms with E-state index in [4.69, 9.17) is 9.98 Å². The molecule has 0 aliphatic carbocycles. The van der Waals surface area contributed by atoms with Crippen molar-refractivity contribution in [3.8, 4) is 5.69 Å². The summed E-state index contributed by atoms with van der Waals surface area (Å²) in [5.74, 6) is 1.53. The molecule has 1 N–H and O–H groups in total. The van der Waals surface area contributed by atoms with E-state index in [0.29, 0.717) is 5.84 Å². The van der Waals surface area contributed by atoms with Crippen LogP contribution in [0.1, 0.15) is 22.9 Å². The molecule has 10 aromatic rings. The Bertz CT molecular complexity index is 3170. The van der Waals surface area contributed by atoms with Gasteiger partial charge in [0.1, 0.15) is 12.0 Å². The first-order valence-electron chi connectivity index (χ1n) is 18.1. The number of nitrogens with one attached hydrogen (secondary N) is 1. The van der Waals surface area contributed by atoms with Gasteiger partial charge in [0.05, 0.1) is 11.0 Å². The summed E-state index contributed by atoms with van der Waals surface area (Å²) in [5, 5.41) is 15.8. The molecular formula is C49H32N4. The molecule has 0 bridgehead atoms.